The number of hydrogen-bond acceptors (Lipinski definition) is 7. The zero-order chi connectivity index (χ0) is 16.8. The maximum atomic E-state index is 11.2. The van der Waals surface area contributed by atoms with E-state index in [2.05, 4.69) is 13.2 Å². The number of ether oxygens (including phenoxy) is 3. The third-order valence-electron chi connectivity index (χ3n) is 2.68. The molecule has 0 bridgehead atoms. The summed E-state index contributed by atoms with van der Waals surface area (Å²) in [6.45, 7) is 7.10. The second kappa shape index (κ2) is 13.0. The molecule has 0 aromatic rings. The Morgan fingerprint density at radius 1 is 1.23 bits per heavy atom. The monoisotopic (exact) mass is 316 g/mol. The van der Waals surface area contributed by atoms with E-state index in [-0.39, 0.29) is 25.9 Å². The first-order chi connectivity index (χ1) is 10.6. The molecule has 7 nitrogen and oxygen atoms in total. The highest BCUT2D eigenvalue weighted by Crippen LogP contribution is 2.18. The van der Waals surface area contributed by atoms with Gasteiger partial charge < -0.3 is 24.4 Å². The van der Waals surface area contributed by atoms with Crippen molar-refractivity contribution in [2.45, 2.75) is 31.5 Å². The van der Waals surface area contributed by atoms with Gasteiger partial charge in [0.1, 0.15) is 12.7 Å². The normalized spacial score (nSPS) is 17.6. The quantitative estimate of drug-likeness (QED) is 0.492. The Hall–Kier alpha value is -1.70. The highest BCUT2D eigenvalue weighted by Gasteiger charge is 2.24. The minimum absolute atomic E-state index is 0.00426. The van der Waals surface area contributed by atoms with Gasteiger partial charge >= 0.3 is 11.9 Å². The lowest BCUT2D eigenvalue weighted by atomic mass is 10.1. The molecule has 1 aliphatic heterocycles. The van der Waals surface area contributed by atoms with E-state index in [1.54, 1.807) is 0 Å². The number of hydrogen-bond donors (Lipinski definition) is 2. The van der Waals surface area contributed by atoms with Crippen molar-refractivity contribution >= 4 is 11.9 Å². The van der Waals surface area contributed by atoms with Crippen LogP contribution in [-0.4, -0.2) is 60.8 Å². The smallest absolute Gasteiger partial charge is 0.330 e. The van der Waals surface area contributed by atoms with Crippen molar-refractivity contribution in [1.29, 1.82) is 0 Å². The van der Waals surface area contributed by atoms with E-state index in [1.807, 2.05) is 0 Å². The van der Waals surface area contributed by atoms with Crippen LogP contribution in [0.4, 0.5) is 0 Å². The van der Waals surface area contributed by atoms with E-state index in [1.165, 1.54) is 0 Å². The molecule has 2 N–H and O–H groups in total. The number of carbonyl (C=O) groups is 2. The van der Waals surface area contributed by atoms with E-state index < -0.39 is 18.0 Å². The Morgan fingerprint density at radius 2 is 1.86 bits per heavy atom. The van der Waals surface area contributed by atoms with Crippen LogP contribution in [0.15, 0.2) is 25.3 Å². The fraction of sp³-hybridized carbons (Fsp3) is 0.600. The topological polar surface area (TPSA) is 102 Å². The molecule has 1 saturated heterocycles. The lowest BCUT2D eigenvalue weighted by Crippen LogP contribution is -2.28. The number of rotatable bonds is 8. The van der Waals surface area contributed by atoms with Crippen LogP contribution >= 0.6 is 0 Å². The third kappa shape index (κ3) is 10.1. The second-order valence-electron chi connectivity index (χ2n) is 4.42. The van der Waals surface area contributed by atoms with E-state index >= 15 is 0 Å². The van der Waals surface area contributed by atoms with Crippen molar-refractivity contribution in [3.63, 3.8) is 0 Å². The van der Waals surface area contributed by atoms with E-state index in [9.17, 15) is 9.59 Å². The molecular weight excluding hydrogens is 292 g/mol. The van der Waals surface area contributed by atoms with Crippen LogP contribution in [0.1, 0.15) is 19.3 Å². The highest BCUT2D eigenvalue weighted by molar-refractivity contribution is 5.82. The lowest BCUT2D eigenvalue weighted by Gasteiger charge is -2.19. The zero-order valence-corrected chi connectivity index (χ0v) is 12.6. The maximum absolute atomic E-state index is 11.2. The highest BCUT2D eigenvalue weighted by atomic mass is 16.6. The molecule has 0 amide bonds. The SMILES string of the molecule is C=CC(=O)OCC(CC1CCCO1)OC(=O)C=C.OCCO. The standard InChI is InChI=1S/C13H18O5.C2H6O2/c1-3-12(14)17-9-11(18-13(15)4-2)8-10-6-5-7-16-10;3-1-2-4/h3-4,10-11H,1-2,5-9H2;3-4H,1-2H2. The van der Waals surface area contributed by atoms with Gasteiger partial charge in [0.05, 0.1) is 19.3 Å². The Bertz CT molecular complexity index is 346. The van der Waals surface area contributed by atoms with Gasteiger partial charge in [0.15, 0.2) is 0 Å². The summed E-state index contributed by atoms with van der Waals surface area (Å²) in [5, 5.41) is 15.2. The van der Waals surface area contributed by atoms with Crippen molar-refractivity contribution in [3.05, 3.63) is 25.3 Å². The van der Waals surface area contributed by atoms with Gasteiger partial charge in [-0.1, -0.05) is 13.2 Å². The Kier molecular flexibility index (Phi) is 12.0. The number of aliphatic hydroxyl groups excluding tert-OH is 2. The minimum atomic E-state index is -0.540. The van der Waals surface area contributed by atoms with Crippen molar-refractivity contribution < 1.29 is 34.0 Å². The van der Waals surface area contributed by atoms with Gasteiger partial charge in [0.25, 0.3) is 0 Å². The van der Waals surface area contributed by atoms with Crippen LogP contribution in [-0.2, 0) is 23.8 Å². The molecule has 1 aliphatic rings. The van der Waals surface area contributed by atoms with Crippen LogP contribution in [0, 0.1) is 0 Å². The van der Waals surface area contributed by atoms with Crippen LogP contribution in [0.3, 0.4) is 0 Å². The van der Waals surface area contributed by atoms with Gasteiger partial charge in [-0.05, 0) is 12.8 Å². The van der Waals surface area contributed by atoms with Crippen LogP contribution in [0.25, 0.3) is 0 Å². The molecule has 1 heterocycles. The Morgan fingerprint density at radius 3 is 2.32 bits per heavy atom. The van der Waals surface area contributed by atoms with Gasteiger partial charge in [-0.25, -0.2) is 9.59 Å². The average molecular weight is 316 g/mol. The molecule has 22 heavy (non-hydrogen) atoms. The summed E-state index contributed by atoms with van der Waals surface area (Å²) < 4.78 is 15.4. The van der Waals surface area contributed by atoms with E-state index in [0.717, 1.165) is 31.6 Å². The minimum Gasteiger partial charge on any atom is -0.459 e. The second-order valence-corrected chi connectivity index (χ2v) is 4.42. The van der Waals surface area contributed by atoms with Crippen molar-refractivity contribution in [1.82, 2.24) is 0 Å². The van der Waals surface area contributed by atoms with Crippen LogP contribution < -0.4 is 0 Å². The number of aliphatic hydroxyl groups is 2. The summed E-state index contributed by atoms with van der Waals surface area (Å²) in [7, 11) is 0. The maximum Gasteiger partial charge on any atom is 0.330 e. The molecule has 0 radical (unpaired) electrons. The molecule has 0 aromatic carbocycles. The lowest BCUT2D eigenvalue weighted by molar-refractivity contribution is -0.154. The molecule has 126 valence electrons. The van der Waals surface area contributed by atoms with Crippen molar-refractivity contribution in [3.8, 4) is 0 Å². The first-order valence-electron chi connectivity index (χ1n) is 7.02. The molecule has 7 heteroatoms. The molecule has 1 rings (SSSR count). The molecule has 2 unspecified atom stereocenters. The first-order valence-corrected chi connectivity index (χ1v) is 7.02. The zero-order valence-electron chi connectivity index (χ0n) is 12.6. The van der Waals surface area contributed by atoms with Crippen LogP contribution in [0.2, 0.25) is 0 Å². The summed E-state index contributed by atoms with van der Waals surface area (Å²) in [5.41, 5.74) is 0. The first kappa shape index (κ1) is 20.3. The van der Waals surface area contributed by atoms with Gasteiger partial charge in [0.2, 0.25) is 0 Å². The molecule has 2 atom stereocenters. The number of carbonyl (C=O) groups excluding carboxylic acids is 2. The molecule has 0 aliphatic carbocycles. The number of esters is 2. The van der Waals surface area contributed by atoms with Gasteiger partial charge in [-0.3, -0.25) is 0 Å². The van der Waals surface area contributed by atoms with E-state index in [4.69, 9.17) is 24.4 Å². The molecular formula is C15H24O7. The fourth-order valence-electron chi connectivity index (χ4n) is 1.72. The summed E-state index contributed by atoms with van der Waals surface area (Å²) in [6.07, 6.45) is 4.13. The summed E-state index contributed by atoms with van der Waals surface area (Å²) in [5.74, 6) is -1.07. The third-order valence-corrected chi connectivity index (χ3v) is 2.68. The average Bonchev–Trinajstić information content (AvgIpc) is 3.05. The van der Waals surface area contributed by atoms with Gasteiger partial charge in [0, 0.05) is 25.2 Å². The van der Waals surface area contributed by atoms with Crippen molar-refractivity contribution in [2.24, 2.45) is 0 Å². The Balaban J connectivity index is 0.000000980. The molecule has 0 spiro atoms. The summed E-state index contributed by atoms with van der Waals surface area (Å²) in [6, 6.07) is 0. The molecule has 0 aromatic heterocycles. The molecule has 0 saturated carbocycles. The van der Waals surface area contributed by atoms with Gasteiger partial charge in [-0.2, -0.15) is 0 Å². The van der Waals surface area contributed by atoms with Gasteiger partial charge in [-0.15, -0.1) is 0 Å². The summed E-state index contributed by atoms with van der Waals surface area (Å²) in [4.78, 5) is 22.1. The van der Waals surface area contributed by atoms with E-state index in [0.29, 0.717) is 6.42 Å². The predicted molar refractivity (Wildman–Crippen MR) is 79.0 cm³/mol. The molecule has 1 fully saturated rings. The summed E-state index contributed by atoms with van der Waals surface area (Å²) >= 11 is 0. The van der Waals surface area contributed by atoms with Crippen molar-refractivity contribution in [2.75, 3.05) is 26.4 Å². The predicted octanol–water partition coefficient (Wildman–Crippen LogP) is 0.353. The Labute approximate surface area is 130 Å². The van der Waals surface area contributed by atoms with Crippen LogP contribution in [0.5, 0.6) is 0 Å². The fourth-order valence-corrected chi connectivity index (χ4v) is 1.72. The largest absolute Gasteiger partial charge is 0.459 e.